The molecule has 9 heteroatoms. The lowest BCUT2D eigenvalue weighted by molar-refractivity contribution is -0.114. The number of pyridine rings is 1. The fourth-order valence-electron chi connectivity index (χ4n) is 5.18. The molecule has 0 unspecified atom stereocenters. The molecule has 0 saturated carbocycles. The number of ether oxygens (including phenoxy) is 1. The highest BCUT2D eigenvalue weighted by Crippen LogP contribution is 2.45. The van der Waals surface area contributed by atoms with Crippen molar-refractivity contribution in [2.45, 2.75) is 32.9 Å². The summed E-state index contributed by atoms with van der Waals surface area (Å²) in [6.45, 7) is 5.72. The molecule has 0 spiro atoms. The van der Waals surface area contributed by atoms with Crippen molar-refractivity contribution in [3.8, 4) is 11.4 Å². The highest BCUT2D eigenvalue weighted by Gasteiger charge is 2.42. The molecular formula is C29H28BrN5O2S. The molecule has 1 aliphatic heterocycles. The molecule has 4 aromatic rings. The molecule has 194 valence electrons. The summed E-state index contributed by atoms with van der Waals surface area (Å²) in [6.07, 6.45) is 1.80. The van der Waals surface area contributed by atoms with Crippen molar-refractivity contribution in [2.24, 2.45) is 0 Å². The number of carbonyl (C=O) groups excluding carboxylic acids is 1. The van der Waals surface area contributed by atoms with E-state index in [4.69, 9.17) is 17.0 Å². The van der Waals surface area contributed by atoms with E-state index in [-0.39, 0.29) is 18.0 Å². The van der Waals surface area contributed by atoms with Crippen molar-refractivity contribution >= 4 is 50.5 Å². The molecule has 2 aromatic heterocycles. The van der Waals surface area contributed by atoms with Gasteiger partial charge in [-0.05, 0) is 86.2 Å². The predicted octanol–water partition coefficient (Wildman–Crippen LogP) is 6.40. The molecule has 7 nitrogen and oxygen atoms in total. The highest BCUT2D eigenvalue weighted by atomic mass is 79.9. The second-order valence-electron chi connectivity index (χ2n) is 9.20. The van der Waals surface area contributed by atoms with Crippen LogP contribution in [0.5, 0.6) is 5.75 Å². The minimum absolute atomic E-state index is 0.178. The average molecular weight is 591 g/mol. The SMILES string of the molecule is COc1ccc(N2C(=S)N[C@@H](c3ccccn3)[C@H]2c2cc(C)n(-c3cccc(Br)c3)c2C)cc1NC(C)=O. The Bertz CT molecular complexity index is 1520. The summed E-state index contributed by atoms with van der Waals surface area (Å²) < 4.78 is 8.76. The van der Waals surface area contributed by atoms with Gasteiger partial charge in [-0.25, -0.2) is 0 Å². The summed E-state index contributed by atoms with van der Waals surface area (Å²) in [5.41, 5.74) is 6.74. The van der Waals surface area contributed by atoms with Gasteiger partial charge in [-0.1, -0.05) is 28.1 Å². The van der Waals surface area contributed by atoms with Gasteiger partial charge in [-0.2, -0.15) is 0 Å². The van der Waals surface area contributed by atoms with Gasteiger partial charge in [0, 0.05) is 40.4 Å². The molecule has 0 aliphatic carbocycles. The van der Waals surface area contributed by atoms with Gasteiger partial charge in [0.05, 0.1) is 30.6 Å². The first-order valence-corrected chi connectivity index (χ1v) is 13.4. The second-order valence-corrected chi connectivity index (χ2v) is 10.5. The van der Waals surface area contributed by atoms with Crippen LogP contribution < -0.4 is 20.3 Å². The number of nitrogens with zero attached hydrogens (tertiary/aromatic N) is 3. The minimum Gasteiger partial charge on any atom is -0.495 e. The van der Waals surface area contributed by atoms with Crippen molar-refractivity contribution in [1.29, 1.82) is 0 Å². The normalized spacial score (nSPS) is 16.9. The number of rotatable bonds is 6. The second kappa shape index (κ2) is 10.6. The van der Waals surface area contributed by atoms with Gasteiger partial charge in [0.15, 0.2) is 5.11 Å². The monoisotopic (exact) mass is 589 g/mol. The van der Waals surface area contributed by atoms with E-state index in [0.717, 1.165) is 38.5 Å². The maximum Gasteiger partial charge on any atom is 0.221 e. The molecule has 38 heavy (non-hydrogen) atoms. The fraction of sp³-hybridized carbons (Fsp3) is 0.207. The van der Waals surface area contributed by atoms with Gasteiger partial charge in [0.2, 0.25) is 5.91 Å². The number of methoxy groups -OCH3 is 1. The molecule has 1 amide bonds. The van der Waals surface area contributed by atoms with Gasteiger partial charge in [-0.15, -0.1) is 0 Å². The Morgan fingerprint density at radius 3 is 2.58 bits per heavy atom. The van der Waals surface area contributed by atoms with E-state index >= 15 is 0 Å². The number of hydrogen-bond donors (Lipinski definition) is 2. The molecule has 2 N–H and O–H groups in total. The highest BCUT2D eigenvalue weighted by molar-refractivity contribution is 9.10. The molecule has 2 aromatic carbocycles. The average Bonchev–Trinajstić information content (AvgIpc) is 3.39. The number of thiocarbonyl (C=S) groups is 1. The van der Waals surface area contributed by atoms with E-state index in [2.05, 4.69) is 73.1 Å². The molecule has 2 atom stereocenters. The Labute approximate surface area is 236 Å². The zero-order chi connectivity index (χ0) is 27.0. The zero-order valence-electron chi connectivity index (χ0n) is 21.5. The summed E-state index contributed by atoms with van der Waals surface area (Å²) in [5, 5.41) is 6.98. The molecule has 3 heterocycles. The summed E-state index contributed by atoms with van der Waals surface area (Å²) >= 11 is 9.53. The zero-order valence-corrected chi connectivity index (χ0v) is 23.9. The summed E-state index contributed by atoms with van der Waals surface area (Å²) in [7, 11) is 1.58. The van der Waals surface area contributed by atoms with Crippen LogP contribution in [0.15, 0.2) is 77.4 Å². The Morgan fingerprint density at radius 2 is 1.89 bits per heavy atom. The van der Waals surface area contributed by atoms with E-state index in [1.54, 1.807) is 13.3 Å². The van der Waals surface area contributed by atoms with Crippen molar-refractivity contribution in [3.05, 3.63) is 100 Å². The van der Waals surface area contributed by atoms with Crippen LogP contribution in [0, 0.1) is 13.8 Å². The third-order valence-corrected chi connectivity index (χ3v) is 7.53. The van der Waals surface area contributed by atoms with Crippen LogP contribution in [0.2, 0.25) is 0 Å². The third kappa shape index (κ3) is 4.79. The predicted molar refractivity (Wildman–Crippen MR) is 158 cm³/mol. The van der Waals surface area contributed by atoms with Crippen LogP contribution in [-0.4, -0.2) is 27.7 Å². The molecule has 5 rings (SSSR count). The Balaban J connectivity index is 1.68. The molecule has 1 saturated heterocycles. The lowest BCUT2D eigenvalue weighted by Crippen LogP contribution is -2.29. The van der Waals surface area contributed by atoms with Gasteiger partial charge >= 0.3 is 0 Å². The van der Waals surface area contributed by atoms with E-state index in [0.29, 0.717) is 16.5 Å². The van der Waals surface area contributed by atoms with Crippen LogP contribution in [0.1, 0.15) is 41.7 Å². The Kier molecular flexibility index (Phi) is 7.23. The van der Waals surface area contributed by atoms with Crippen LogP contribution in [0.4, 0.5) is 11.4 Å². The molecule has 0 radical (unpaired) electrons. The smallest absolute Gasteiger partial charge is 0.221 e. The van der Waals surface area contributed by atoms with Crippen LogP contribution in [-0.2, 0) is 4.79 Å². The lowest BCUT2D eigenvalue weighted by atomic mass is 9.96. The number of anilines is 2. The van der Waals surface area contributed by atoms with Crippen molar-refractivity contribution in [3.63, 3.8) is 0 Å². The van der Waals surface area contributed by atoms with E-state index in [1.807, 2.05) is 48.5 Å². The van der Waals surface area contributed by atoms with Gasteiger partial charge in [0.1, 0.15) is 5.75 Å². The number of hydrogen-bond acceptors (Lipinski definition) is 4. The minimum atomic E-state index is -0.192. The van der Waals surface area contributed by atoms with Crippen LogP contribution in [0.25, 0.3) is 5.69 Å². The number of aromatic nitrogens is 2. The number of nitrogens with one attached hydrogen (secondary N) is 2. The number of aryl methyl sites for hydroxylation is 1. The van der Waals surface area contributed by atoms with Gasteiger partial charge in [-0.3, -0.25) is 9.78 Å². The molecule has 1 fully saturated rings. The van der Waals surface area contributed by atoms with Crippen molar-refractivity contribution in [1.82, 2.24) is 14.9 Å². The summed E-state index contributed by atoms with van der Waals surface area (Å²) in [5.74, 6) is 0.399. The molecule has 0 bridgehead atoms. The van der Waals surface area contributed by atoms with E-state index in [9.17, 15) is 4.79 Å². The first kappa shape index (κ1) is 25.9. The Hall–Kier alpha value is -3.69. The van der Waals surface area contributed by atoms with Crippen LogP contribution in [0.3, 0.4) is 0 Å². The van der Waals surface area contributed by atoms with E-state index in [1.165, 1.54) is 6.92 Å². The maximum absolute atomic E-state index is 11.9. The first-order valence-electron chi connectivity index (χ1n) is 12.2. The third-order valence-electron chi connectivity index (χ3n) is 6.73. The lowest BCUT2D eigenvalue weighted by Gasteiger charge is -2.29. The summed E-state index contributed by atoms with van der Waals surface area (Å²) in [4.78, 5) is 18.7. The van der Waals surface area contributed by atoms with Gasteiger partial charge < -0.3 is 24.8 Å². The number of carbonyl (C=O) groups is 1. The number of amides is 1. The molecular weight excluding hydrogens is 562 g/mol. The number of benzene rings is 2. The quantitative estimate of drug-likeness (QED) is 0.254. The fourth-order valence-corrected chi connectivity index (χ4v) is 5.91. The Morgan fingerprint density at radius 1 is 1.08 bits per heavy atom. The van der Waals surface area contributed by atoms with Crippen molar-refractivity contribution < 1.29 is 9.53 Å². The van der Waals surface area contributed by atoms with Gasteiger partial charge in [0.25, 0.3) is 0 Å². The first-order chi connectivity index (χ1) is 18.3. The maximum atomic E-state index is 11.9. The standard InChI is InChI=1S/C29H28BrN5O2S/c1-17-14-23(18(2)34(17)21-9-7-8-20(30)15-21)28-27(24-10-5-6-13-31-24)33-29(38)35(28)22-11-12-26(37-4)25(16-22)32-19(3)36/h5-16,27-28H,1-4H3,(H,32,36)(H,33,38)/t27-,28+/m0/s1. The molecule has 1 aliphatic rings. The van der Waals surface area contributed by atoms with E-state index < -0.39 is 0 Å². The van der Waals surface area contributed by atoms with Crippen molar-refractivity contribution in [2.75, 3.05) is 17.3 Å². The number of halogens is 1. The summed E-state index contributed by atoms with van der Waals surface area (Å²) in [6, 6.07) is 21.7. The topological polar surface area (TPSA) is 71.4 Å². The largest absolute Gasteiger partial charge is 0.495 e. The van der Waals surface area contributed by atoms with Crippen LogP contribution >= 0.6 is 28.1 Å².